The van der Waals surface area contributed by atoms with E-state index in [1.54, 1.807) is 0 Å². The molecule has 3 aliphatic rings. The smallest absolute Gasteiger partial charge is 0.308 e. The molecule has 0 radical (unpaired) electrons. The Kier molecular flexibility index (Phi) is 7.33. The van der Waals surface area contributed by atoms with E-state index < -0.39 is 0 Å². The SMILES string of the molecule is COC(=O)[C@H]1CC[C@@H](c2nc(N3CCC(OCc4c(-c5c(Cl)cccc5Cl)noc4C4CC4)CC3)no2)C1. The molecule has 1 aromatic carbocycles. The summed E-state index contributed by atoms with van der Waals surface area (Å²) in [6.07, 6.45) is 6.28. The minimum Gasteiger partial charge on any atom is -0.469 e. The quantitative estimate of drug-likeness (QED) is 0.300. The molecule has 2 aliphatic carbocycles. The number of rotatable bonds is 8. The number of methoxy groups -OCH3 is 1. The number of carbonyl (C=O) groups is 1. The van der Waals surface area contributed by atoms with Crippen LogP contribution in [0.2, 0.25) is 10.0 Å². The van der Waals surface area contributed by atoms with Crippen molar-refractivity contribution in [3.63, 3.8) is 0 Å². The van der Waals surface area contributed by atoms with Gasteiger partial charge in [0.1, 0.15) is 11.5 Å². The van der Waals surface area contributed by atoms with E-state index in [0.717, 1.165) is 62.9 Å². The van der Waals surface area contributed by atoms with Crippen molar-refractivity contribution in [2.45, 2.75) is 69.5 Å². The number of halogens is 2. The molecule has 11 heteroatoms. The van der Waals surface area contributed by atoms with E-state index in [9.17, 15) is 4.79 Å². The lowest BCUT2D eigenvalue weighted by Crippen LogP contribution is -2.37. The normalized spacial score (nSPS) is 22.2. The van der Waals surface area contributed by atoms with Gasteiger partial charge in [0, 0.05) is 36.1 Å². The van der Waals surface area contributed by atoms with Gasteiger partial charge in [-0.1, -0.05) is 34.4 Å². The average Bonchev–Trinajstić information content (AvgIpc) is 3.31. The van der Waals surface area contributed by atoms with Crippen LogP contribution >= 0.6 is 23.2 Å². The van der Waals surface area contributed by atoms with Crippen LogP contribution in [0.25, 0.3) is 11.3 Å². The van der Waals surface area contributed by atoms with Gasteiger partial charge < -0.3 is 23.4 Å². The average molecular weight is 561 g/mol. The van der Waals surface area contributed by atoms with E-state index in [2.05, 4.69) is 20.2 Å². The van der Waals surface area contributed by atoms with Crippen LogP contribution in [0, 0.1) is 5.92 Å². The van der Waals surface area contributed by atoms with Crippen LogP contribution in [0.15, 0.2) is 27.2 Å². The molecule has 0 N–H and O–H groups in total. The molecular weight excluding hydrogens is 531 g/mol. The summed E-state index contributed by atoms with van der Waals surface area (Å²) < 4.78 is 22.6. The molecule has 0 amide bonds. The lowest BCUT2D eigenvalue weighted by atomic mass is 10.0. The Bertz CT molecular complexity index is 1280. The monoisotopic (exact) mass is 560 g/mol. The molecule has 38 heavy (non-hydrogen) atoms. The first-order valence-electron chi connectivity index (χ1n) is 13.2. The maximum atomic E-state index is 11.8. The van der Waals surface area contributed by atoms with Crippen LogP contribution in [-0.4, -0.2) is 47.6 Å². The highest BCUT2D eigenvalue weighted by Gasteiger charge is 2.36. The third kappa shape index (κ3) is 5.16. The Morgan fingerprint density at radius 2 is 1.76 bits per heavy atom. The summed E-state index contributed by atoms with van der Waals surface area (Å²) in [6.45, 7) is 1.93. The van der Waals surface area contributed by atoms with Crippen molar-refractivity contribution in [2.24, 2.45) is 5.92 Å². The summed E-state index contributed by atoms with van der Waals surface area (Å²) >= 11 is 13.0. The highest BCUT2D eigenvalue weighted by molar-refractivity contribution is 6.39. The van der Waals surface area contributed by atoms with Gasteiger partial charge in [-0.3, -0.25) is 4.79 Å². The van der Waals surface area contributed by atoms with Crippen LogP contribution < -0.4 is 4.90 Å². The summed E-state index contributed by atoms with van der Waals surface area (Å²) in [6, 6.07) is 5.43. The summed E-state index contributed by atoms with van der Waals surface area (Å²) in [5.41, 5.74) is 2.29. The molecule has 2 aromatic heterocycles. The first-order chi connectivity index (χ1) is 18.5. The van der Waals surface area contributed by atoms with Gasteiger partial charge in [0.15, 0.2) is 0 Å². The molecule has 0 unspecified atom stereocenters. The summed E-state index contributed by atoms with van der Waals surface area (Å²) in [5.74, 6) is 2.33. The molecule has 6 rings (SSSR count). The number of esters is 1. The van der Waals surface area contributed by atoms with Crippen molar-refractivity contribution in [3.05, 3.63) is 45.5 Å². The standard InChI is InChI=1S/C27H30Cl2N4O5/c1-35-26(34)17-8-7-16(13-17)25-30-27(32-38-25)33-11-9-18(10-12-33)36-14-19-23(31-37-24(19)15-5-6-15)22-20(28)3-2-4-21(22)29/h2-4,15-18H,5-14H2,1H3/t16-,17+/m1/s1. The molecule has 1 aliphatic heterocycles. The first kappa shape index (κ1) is 25.6. The predicted octanol–water partition coefficient (Wildman–Crippen LogP) is 6.15. The van der Waals surface area contributed by atoms with Crippen molar-refractivity contribution in [1.82, 2.24) is 15.3 Å². The molecule has 2 atom stereocenters. The zero-order valence-electron chi connectivity index (χ0n) is 21.2. The van der Waals surface area contributed by atoms with Gasteiger partial charge in [-0.15, -0.1) is 0 Å². The maximum absolute atomic E-state index is 11.8. The van der Waals surface area contributed by atoms with Crippen molar-refractivity contribution in [3.8, 4) is 11.3 Å². The Hall–Kier alpha value is -2.62. The van der Waals surface area contributed by atoms with Gasteiger partial charge >= 0.3 is 5.97 Å². The largest absolute Gasteiger partial charge is 0.469 e. The van der Waals surface area contributed by atoms with Crippen molar-refractivity contribution in [2.75, 3.05) is 25.1 Å². The van der Waals surface area contributed by atoms with Gasteiger partial charge in [-0.25, -0.2) is 0 Å². The maximum Gasteiger partial charge on any atom is 0.308 e. The second kappa shape index (κ2) is 10.9. The number of piperidine rings is 1. The van der Waals surface area contributed by atoms with E-state index in [4.69, 9.17) is 41.7 Å². The number of aromatic nitrogens is 3. The molecule has 9 nitrogen and oxygen atoms in total. The minimum absolute atomic E-state index is 0.0878. The van der Waals surface area contributed by atoms with Crippen LogP contribution in [-0.2, 0) is 20.9 Å². The Labute approximate surface area is 230 Å². The molecule has 2 saturated carbocycles. The summed E-state index contributed by atoms with van der Waals surface area (Å²) in [4.78, 5) is 18.6. The third-order valence-electron chi connectivity index (χ3n) is 7.90. The van der Waals surface area contributed by atoms with Crippen molar-refractivity contribution < 1.29 is 23.3 Å². The predicted molar refractivity (Wildman–Crippen MR) is 140 cm³/mol. The van der Waals surface area contributed by atoms with Crippen molar-refractivity contribution in [1.29, 1.82) is 0 Å². The second-order valence-electron chi connectivity index (χ2n) is 10.4. The topological polar surface area (TPSA) is 104 Å². The number of ether oxygens (including phenoxy) is 2. The molecular formula is C27H30Cl2N4O5. The van der Waals surface area contributed by atoms with Gasteiger partial charge in [-0.2, -0.15) is 4.98 Å². The molecule has 3 heterocycles. The number of anilines is 1. The Morgan fingerprint density at radius 3 is 2.47 bits per heavy atom. The third-order valence-corrected chi connectivity index (χ3v) is 8.53. The van der Waals surface area contributed by atoms with Gasteiger partial charge in [-0.05, 0) is 62.2 Å². The fourth-order valence-electron chi connectivity index (χ4n) is 5.58. The number of nitrogens with zero attached hydrogens (tertiary/aromatic N) is 4. The van der Waals surface area contributed by atoms with Gasteiger partial charge in [0.05, 0.1) is 35.8 Å². The number of hydrogen-bond donors (Lipinski definition) is 0. The van der Waals surface area contributed by atoms with E-state index >= 15 is 0 Å². The van der Waals surface area contributed by atoms with Crippen LogP contribution in [0.5, 0.6) is 0 Å². The molecule has 0 spiro atoms. The summed E-state index contributed by atoms with van der Waals surface area (Å²) in [5, 5.41) is 9.66. The number of benzene rings is 1. The zero-order chi connectivity index (χ0) is 26.2. The number of carbonyl (C=O) groups excluding carboxylic acids is 1. The molecule has 3 fully saturated rings. The van der Waals surface area contributed by atoms with E-state index in [1.807, 2.05) is 18.2 Å². The molecule has 0 bridgehead atoms. The van der Waals surface area contributed by atoms with E-state index in [1.165, 1.54) is 7.11 Å². The fraction of sp³-hybridized carbons (Fsp3) is 0.556. The minimum atomic E-state index is -0.160. The Morgan fingerprint density at radius 1 is 1.03 bits per heavy atom. The lowest BCUT2D eigenvalue weighted by molar-refractivity contribution is -0.145. The zero-order valence-corrected chi connectivity index (χ0v) is 22.7. The highest BCUT2D eigenvalue weighted by atomic mass is 35.5. The molecule has 1 saturated heterocycles. The van der Waals surface area contributed by atoms with Gasteiger partial charge in [0.2, 0.25) is 5.89 Å². The fourth-order valence-corrected chi connectivity index (χ4v) is 6.16. The highest BCUT2D eigenvalue weighted by Crippen LogP contribution is 2.46. The van der Waals surface area contributed by atoms with E-state index in [-0.39, 0.29) is 23.9 Å². The molecule has 202 valence electrons. The first-order valence-corrected chi connectivity index (χ1v) is 14.0. The summed E-state index contributed by atoms with van der Waals surface area (Å²) in [7, 11) is 1.43. The van der Waals surface area contributed by atoms with E-state index in [0.29, 0.717) is 52.1 Å². The number of hydrogen-bond acceptors (Lipinski definition) is 9. The van der Waals surface area contributed by atoms with Crippen molar-refractivity contribution >= 4 is 35.1 Å². The molecule has 3 aromatic rings. The van der Waals surface area contributed by atoms with Crippen LogP contribution in [0.3, 0.4) is 0 Å². The van der Waals surface area contributed by atoms with Crippen LogP contribution in [0.4, 0.5) is 5.95 Å². The lowest BCUT2D eigenvalue weighted by Gasteiger charge is -2.30. The van der Waals surface area contributed by atoms with Crippen LogP contribution in [0.1, 0.15) is 74.0 Å². The second-order valence-corrected chi connectivity index (χ2v) is 11.2. The van der Waals surface area contributed by atoms with Gasteiger partial charge in [0.25, 0.3) is 5.95 Å². The Balaban J connectivity index is 1.07.